The van der Waals surface area contributed by atoms with Crippen LogP contribution in [0.3, 0.4) is 0 Å². The first kappa shape index (κ1) is 10.7. The number of nitrogens with zero attached hydrogens (tertiary/aromatic N) is 2. The van der Waals surface area contributed by atoms with E-state index in [0.717, 1.165) is 0 Å². The van der Waals surface area contributed by atoms with Gasteiger partial charge in [0, 0.05) is 24.7 Å². The van der Waals surface area contributed by atoms with Crippen LogP contribution < -0.4 is 11.2 Å². The van der Waals surface area contributed by atoms with E-state index in [0.29, 0.717) is 37.6 Å². The van der Waals surface area contributed by atoms with E-state index in [4.69, 9.17) is 4.74 Å². The van der Waals surface area contributed by atoms with E-state index in [2.05, 4.69) is 9.98 Å². The molecule has 6 nitrogen and oxygen atoms in total. The van der Waals surface area contributed by atoms with Gasteiger partial charge in [0.05, 0.1) is 6.54 Å². The Morgan fingerprint density at radius 1 is 1.56 bits per heavy atom. The van der Waals surface area contributed by atoms with E-state index >= 15 is 0 Å². The van der Waals surface area contributed by atoms with Crippen LogP contribution in [0.1, 0.15) is 12.0 Å². The molecular formula is C10H13N3O3. The summed E-state index contributed by atoms with van der Waals surface area (Å²) < 4.78 is 6.69. The number of hydrogen-bond donors (Lipinski definition) is 1. The number of H-pyrrole nitrogens is 1. The van der Waals surface area contributed by atoms with Crippen LogP contribution in [0.5, 0.6) is 0 Å². The number of aromatic nitrogens is 2. The second-order valence-corrected chi connectivity index (χ2v) is 3.64. The molecule has 2 rings (SSSR count). The predicted molar refractivity (Wildman–Crippen MR) is 58.9 cm³/mol. The van der Waals surface area contributed by atoms with Gasteiger partial charge >= 0.3 is 5.69 Å². The van der Waals surface area contributed by atoms with Gasteiger partial charge < -0.3 is 4.74 Å². The second kappa shape index (κ2) is 4.34. The first-order chi connectivity index (χ1) is 7.66. The SMILES string of the molecule is Cc1cn(CCC2=NCCO2)c(=O)[nH]c1=O. The van der Waals surface area contributed by atoms with Crippen LogP contribution >= 0.6 is 0 Å². The zero-order valence-corrected chi connectivity index (χ0v) is 9.02. The summed E-state index contributed by atoms with van der Waals surface area (Å²) in [6, 6.07) is 0. The Kier molecular flexibility index (Phi) is 2.89. The Balaban J connectivity index is 2.12. The van der Waals surface area contributed by atoms with Crippen molar-refractivity contribution >= 4 is 5.90 Å². The fourth-order valence-corrected chi connectivity index (χ4v) is 1.53. The Labute approximate surface area is 91.6 Å². The molecule has 1 aliphatic rings. The smallest absolute Gasteiger partial charge is 0.328 e. The van der Waals surface area contributed by atoms with Crippen LogP contribution in [0.2, 0.25) is 0 Å². The molecule has 0 fully saturated rings. The number of nitrogens with one attached hydrogen (secondary N) is 1. The van der Waals surface area contributed by atoms with Gasteiger partial charge in [-0.1, -0.05) is 0 Å². The molecular weight excluding hydrogens is 210 g/mol. The van der Waals surface area contributed by atoms with Crippen molar-refractivity contribution in [1.29, 1.82) is 0 Å². The molecule has 86 valence electrons. The summed E-state index contributed by atoms with van der Waals surface area (Å²) in [4.78, 5) is 28.9. The Hall–Kier alpha value is -1.85. The summed E-state index contributed by atoms with van der Waals surface area (Å²) >= 11 is 0. The van der Waals surface area contributed by atoms with E-state index in [1.807, 2.05) is 0 Å². The van der Waals surface area contributed by atoms with Crippen molar-refractivity contribution < 1.29 is 4.74 Å². The molecule has 0 saturated heterocycles. The minimum Gasteiger partial charge on any atom is -0.479 e. The summed E-state index contributed by atoms with van der Waals surface area (Å²) in [6.07, 6.45) is 2.13. The van der Waals surface area contributed by atoms with Crippen LogP contribution in [-0.2, 0) is 11.3 Å². The van der Waals surface area contributed by atoms with Crippen molar-refractivity contribution in [1.82, 2.24) is 9.55 Å². The van der Waals surface area contributed by atoms with Crippen molar-refractivity contribution in [3.8, 4) is 0 Å². The number of rotatable bonds is 3. The summed E-state index contributed by atoms with van der Waals surface area (Å²) in [7, 11) is 0. The second-order valence-electron chi connectivity index (χ2n) is 3.64. The lowest BCUT2D eigenvalue weighted by atomic mass is 10.3. The van der Waals surface area contributed by atoms with Crippen molar-refractivity contribution in [2.24, 2.45) is 4.99 Å². The Morgan fingerprint density at radius 3 is 3.06 bits per heavy atom. The summed E-state index contributed by atoms with van der Waals surface area (Å²) in [5.74, 6) is 0.677. The fraction of sp³-hybridized carbons (Fsp3) is 0.500. The monoisotopic (exact) mass is 223 g/mol. The number of aliphatic imine (C=N–C) groups is 1. The maximum absolute atomic E-state index is 11.4. The Morgan fingerprint density at radius 2 is 2.38 bits per heavy atom. The van der Waals surface area contributed by atoms with Crippen molar-refractivity contribution in [3.05, 3.63) is 32.6 Å². The highest BCUT2D eigenvalue weighted by Gasteiger charge is 2.08. The third-order valence-corrected chi connectivity index (χ3v) is 2.40. The lowest BCUT2D eigenvalue weighted by Crippen LogP contribution is -2.31. The standard InChI is InChI=1S/C10H13N3O3/c1-7-6-13(10(15)12-9(7)14)4-2-8-11-3-5-16-8/h6H,2-5H2,1H3,(H,12,14,15). The maximum atomic E-state index is 11.4. The Bertz CT molecular complexity index is 527. The maximum Gasteiger partial charge on any atom is 0.328 e. The fourth-order valence-electron chi connectivity index (χ4n) is 1.53. The summed E-state index contributed by atoms with van der Waals surface area (Å²) in [6.45, 7) is 3.44. The molecule has 0 radical (unpaired) electrons. The molecule has 1 aliphatic heterocycles. The molecule has 1 aromatic heterocycles. The molecule has 0 aliphatic carbocycles. The number of aryl methyl sites for hydroxylation is 2. The molecule has 0 spiro atoms. The molecule has 0 bridgehead atoms. The van der Waals surface area contributed by atoms with E-state index in [-0.39, 0.29) is 5.56 Å². The summed E-state index contributed by atoms with van der Waals surface area (Å²) in [5.41, 5.74) is -0.209. The first-order valence-electron chi connectivity index (χ1n) is 5.13. The molecule has 16 heavy (non-hydrogen) atoms. The molecule has 0 aromatic carbocycles. The molecule has 0 amide bonds. The highest BCUT2D eigenvalue weighted by Crippen LogP contribution is 1.99. The zero-order valence-electron chi connectivity index (χ0n) is 9.02. The van der Waals surface area contributed by atoms with E-state index in [9.17, 15) is 9.59 Å². The van der Waals surface area contributed by atoms with E-state index in [1.54, 1.807) is 13.1 Å². The third kappa shape index (κ3) is 2.21. The van der Waals surface area contributed by atoms with Gasteiger partial charge in [-0.05, 0) is 6.92 Å². The van der Waals surface area contributed by atoms with Crippen molar-refractivity contribution in [2.45, 2.75) is 19.9 Å². The third-order valence-electron chi connectivity index (χ3n) is 2.40. The quantitative estimate of drug-likeness (QED) is 0.761. The van der Waals surface area contributed by atoms with Gasteiger partial charge in [0.2, 0.25) is 0 Å². The van der Waals surface area contributed by atoms with Gasteiger partial charge in [-0.2, -0.15) is 0 Å². The predicted octanol–water partition coefficient (Wildman–Crippen LogP) is -0.336. The van der Waals surface area contributed by atoms with E-state index in [1.165, 1.54) is 4.57 Å². The van der Waals surface area contributed by atoms with Crippen LogP contribution in [0, 0.1) is 6.92 Å². The number of ether oxygens (including phenoxy) is 1. The van der Waals surface area contributed by atoms with Crippen LogP contribution in [0.25, 0.3) is 0 Å². The topological polar surface area (TPSA) is 76.5 Å². The number of hydrogen-bond acceptors (Lipinski definition) is 4. The molecule has 0 atom stereocenters. The van der Waals surface area contributed by atoms with Gasteiger partial charge in [0.25, 0.3) is 5.56 Å². The lowest BCUT2D eigenvalue weighted by molar-refractivity contribution is 0.335. The lowest BCUT2D eigenvalue weighted by Gasteiger charge is -2.05. The largest absolute Gasteiger partial charge is 0.479 e. The summed E-state index contributed by atoms with van der Waals surface area (Å²) in [5, 5.41) is 0. The molecule has 6 heteroatoms. The molecule has 1 N–H and O–H groups in total. The molecule has 2 heterocycles. The highest BCUT2D eigenvalue weighted by atomic mass is 16.5. The first-order valence-corrected chi connectivity index (χ1v) is 5.13. The van der Waals surface area contributed by atoms with Gasteiger partial charge in [-0.15, -0.1) is 0 Å². The number of aromatic amines is 1. The average Bonchev–Trinajstić information content (AvgIpc) is 2.74. The van der Waals surface area contributed by atoms with Crippen LogP contribution in [0.4, 0.5) is 0 Å². The normalized spacial score (nSPS) is 14.7. The molecule has 0 saturated carbocycles. The molecule has 1 aromatic rings. The highest BCUT2D eigenvalue weighted by molar-refractivity contribution is 5.77. The molecule has 0 unspecified atom stereocenters. The minimum atomic E-state index is -0.394. The van der Waals surface area contributed by atoms with Crippen LogP contribution in [0.15, 0.2) is 20.8 Å². The zero-order chi connectivity index (χ0) is 11.5. The van der Waals surface area contributed by atoms with Crippen LogP contribution in [-0.4, -0.2) is 28.6 Å². The average molecular weight is 223 g/mol. The van der Waals surface area contributed by atoms with Gasteiger partial charge in [0.1, 0.15) is 6.61 Å². The van der Waals surface area contributed by atoms with Gasteiger partial charge in [-0.3, -0.25) is 19.3 Å². The van der Waals surface area contributed by atoms with E-state index < -0.39 is 5.69 Å². The van der Waals surface area contributed by atoms with Gasteiger partial charge in [-0.25, -0.2) is 4.79 Å². The minimum absolute atomic E-state index is 0.337. The van der Waals surface area contributed by atoms with Crippen molar-refractivity contribution in [3.63, 3.8) is 0 Å². The van der Waals surface area contributed by atoms with Gasteiger partial charge in [0.15, 0.2) is 5.90 Å². The van der Waals surface area contributed by atoms with Crippen molar-refractivity contribution in [2.75, 3.05) is 13.2 Å².